The van der Waals surface area contributed by atoms with Crippen LogP contribution in [0, 0.1) is 5.82 Å². The minimum Gasteiger partial charge on any atom is -0.328 e. The van der Waals surface area contributed by atoms with Crippen molar-refractivity contribution in [3.8, 4) is 0 Å². The van der Waals surface area contributed by atoms with E-state index in [0.717, 1.165) is 24.9 Å². The van der Waals surface area contributed by atoms with Gasteiger partial charge in [-0.3, -0.25) is 4.90 Å². The number of fused-ring (bicyclic) bond motifs is 2. The summed E-state index contributed by atoms with van der Waals surface area (Å²) in [6.07, 6.45) is 4.62. The molecule has 0 amide bonds. The average molecular weight is 269 g/mol. The van der Waals surface area contributed by atoms with Crippen LogP contribution in [0.4, 0.5) is 4.39 Å². The van der Waals surface area contributed by atoms with Gasteiger partial charge in [0, 0.05) is 29.7 Å². The monoisotopic (exact) mass is 268 g/mol. The van der Waals surface area contributed by atoms with Crippen molar-refractivity contribution in [3.05, 3.63) is 34.6 Å². The molecular weight excluding hydrogens is 251 g/mol. The average Bonchev–Trinajstić information content (AvgIpc) is 2.56. The fourth-order valence-electron chi connectivity index (χ4n) is 3.42. The largest absolute Gasteiger partial charge is 0.328 e. The van der Waals surface area contributed by atoms with Crippen LogP contribution in [-0.4, -0.2) is 23.0 Å². The number of halogens is 2. The number of hydrogen-bond acceptors (Lipinski definition) is 2. The summed E-state index contributed by atoms with van der Waals surface area (Å²) < 4.78 is 13.0. The molecule has 2 bridgehead atoms. The number of hydrogen-bond donors (Lipinski definition) is 1. The fraction of sp³-hybridized carbons (Fsp3) is 0.571. The lowest BCUT2D eigenvalue weighted by Crippen LogP contribution is -2.46. The number of nitrogens with zero attached hydrogens (tertiary/aromatic N) is 1. The summed E-state index contributed by atoms with van der Waals surface area (Å²) in [5.41, 5.74) is 7.08. The molecule has 2 aliphatic heterocycles. The SMILES string of the molecule is NC1CC2CCC(C1)N2Cc1ccc(F)cc1Cl. The van der Waals surface area contributed by atoms with E-state index in [9.17, 15) is 4.39 Å². The summed E-state index contributed by atoms with van der Waals surface area (Å²) in [6.45, 7) is 0.821. The van der Waals surface area contributed by atoms with Crippen molar-refractivity contribution in [2.45, 2.75) is 50.4 Å². The van der Waals surface area contributed by atoms with Crippen LogP contribution in [0.2, 0.25) is 5.02 Å². The van der Waals surface area contributed by atoms with Crippen LogP contribution >= 0.6 is 11.6 Å². The van der Waals surface area contributed by atoms with Gasteiger partial charge in [0.25, 0.3) is 0 Å². The van der Waals surface area contributed by atoms with Crippen molar-refractivity contribution in [2.24, 2.45) is 5.73 Å². The van der Waals surface area contributed by atoms with Crippen molar-refractivity contribution in [2.75, 3.05) is 0 Å². The van der Waals surface area contributed by atoms with Gasteiger partial charge in [0.05, 0.1) is 0 Å². The highest BCUT2D eigenvalue weighted by molar-refractivity contribution is 6.31. The van der Waals surface area contributed by atoms with Crippen LogP contribution in [-0.2, 0) is 6.54 Å². The van der Waals surface area contributed by atoms with Gasteiger partial charge in [-0.05, 0) is 43.4 Å². The highest BCUT2D eigenvalue weighted by atomic mass is 35.5. The van der Waals surface area contributed by atoms with Gasteiger partial charge < -0.3 is 5.73 Å². The molecule has 2 aliphatic rings. The normalized spacial score (nSPS) is 31.8. The van der Waals surface area contributed by atoms with Crippen molar-refractivity contribution in [1.82, 2.24) is 4.90 Å². The second kappa shape index (κ2) is 4.80. The van der Waals surface area contributed by atoms with Crippen molar-refractivity contribution in [3.63, 3.8) is 0 Å². The van der Waals surface area contributed by atoms with Crippen molar-refractivity contribution in [1.29, 1.82) is 0 Å². The van der Waals surface area contributed by atoms with E-state index in [1.165, 1.54) is 25.0 Å². The van der Waals surface area contributed by atoms with Crippen molar-refractivity contribution < 1.29 is 4.39 Å². The second-order valence-electron chi connectivity index (χ2n) is 5.52. The van der Waals surface area contributed by atoms with Gasteiger partial charge in [0.15, 0.2) is 0 Å². The molecule has 98 valence electrons. The molecule has 2 nitrogen and oxygen atoms in total. The minimum absolute atomic E-state index is 0.271. The molecule has 1 aromatic rings. The molecule has 2 saturated heterocycles. The third-order valence-electron chi connectivity index (χ3n) is 4.29. The molecular formula is C14H18ClFN2. The molecule has 2 heterocycles. The van der Waals surface area contributed by atoms with E-state index in [-0.39, 0.29) is 5.82 Å². The first-order valence-electron chi connectivity index (χ1n) is 6.59. The highest BCUT2D eigenvalue weighted by Gasteiger charge is 2.39. The molecule has 18 heavy (non-hydrogen) atoms. The lowest BCUT2D eigenvalue weighted by Gasteiger charge is -2.37. The van der Waals surface area contributed by atoms with Crippen LogP contribution in [0.5, 0.6) is 0 Å². The number of rotatable bonds is 2. The molecule has 2 unspecified atom stereocenters. The van der Waals surface area contributed by atoms with Gasteiger partial charge in [-0.15, -0.1) is 0 Å². The molecule has 0 spiro atoms. The van der Waals surface area contributed by atoms with E-state index in [2.05, 4.69) is 4.90 Å². The van der Waals surface area contributed by atoms with Crippen LogP contribution in [0.15, 0.2) is 18.2 Å². The van der Waals surface area contributed by atoms with E-state index in [1.54, 1.807) is 6.07 Å². The maximum atomic E-state index is 13.0. The van der Waals surface area contributed by atoms with Crippen LogP contribution in [0.25, 0.3) is 0 Å². The predicted molar refractivity (Wildman–Crippen MR) is 71.0 cm³/mol. The Labute approximate surface area is 112 Å². The summed E-state index contributed by atoms with van der Waals surface area (Å²) in [5, 5.41) is 0.532. The zero-order valence-electron chi connectivity index (χ0n) is 10.3. The maximum Gasteiger partial charge on any atom is 0.124 e. The summed E-state index contributed by atoms with van der Waals surface area (Å²) in [7, 11) is 0. The van der Waals surface area contributed by atoms with Gasteiger partial charge >= 0.3 is 0 Å². The van der Waals surface area contributed by atoms with Crippen LogP contribution < -0.4 is 5.73 Å². The van der Waals surface area contributed by atoms with Gasteiger partial charge in [0.2, 0.25) is 0 Å². The van der Waals surface area contributed by atoms with Gasteiger partial charge in [-0.25, -0.2) is 4.39 Å². The van der Waals surface area contributed by atoms with E-state index >= 15 is 0 Å². The van der Waals surface area contributed by atoms with Gasteiger partial charge in [-0.1, -0.05) is 17.7 Å². The number of piperidine rings is 1. The molecule has 1 aromatic carbocycles. The molecule has 0 saturated carbocycles. The number of benzene rings is 1. The highest BCUT2D eigenvalue weighted by Crippen LogP contribution is 2.36. The van der Waals surface area contributed by atoms with Gasteiger partial charge in [-0.2, -0.15) is 0 Å². The Kier molecular flexibility index (Phi) is 3.31. The molecule has 2 atom stereocenters. The minimum atomic E-state index is -0.271. The Morgan fingerprint density at radius 2 is 1.94 bits per heavy atom. The Bertz CT molecular complexity index is 437. The Balaban J connectivity index is 1.77. The second-order valence-corrected chi connectivity index (χ2v) is 5.93. The zero-order chi connectivity index (χ0) is 12.7. The first-order valence-corrected chi connectivity index (χ1v) is 6.96. The molecule has 3 rings (SSSR count). The van der Waals surface area contributed by atoms with Crippen LogP contribution in [0.1, 0.15) is 31.2 Å². The first-order chi connectivity index (χ1) is 8.63. The molecule has 2 N–H and O–H groups in total. The smallest absolute Gasteiger partial charge is 0.124 e. The van der Waals surface area contributed by atoms with Crippen LogP contribution in [0.3, 0.4) is 0 Å². The fourth-order valence-corrected chi connectivity index (χ4v) is 3.65. The Hall–Kier alpha value is -0.640. The molecule has 0 radical (unpaired) electrons. The summed E-state index contributed by atoms with van der Waals surface area (Å²) in [6, 6.07) is 6.20. The quantitative estimate of drug-likeness (QED) is 0.894. The first kappa shape index (κ1) is 12.4. The predicted octanol–water partition coefficient (Wildman–Crippen LogP) is 2.93. The van der Waals surface area contributed by atoms with E-state index in [4.69, 9.17) is 17.3 Å². The van der Waals surface area contributed by atoms with E-state index < -0.39 is 0 Å². The van der Waals surface area contributed by atoms with Gasteiger partial charge in [0.1, 0.15) is 5.82 Å². The summed E-state index contributed by atoms with van der Waals surface area (Å²) in [4.78, 5) is 2.50. The summed E-state index contributed by atoms with van der Waals surface area (Å²) in [5.74, 6) is -0.271. The van der Waals surface area contributed by atoms with E-state index in [0.29, 0.717) is 23.1 Å². The maximum absolute atomic E-state index is 13.0. The third-order valence-corrected chi connectivity index (χ3v) is 4.64. The Morgan fingerprint density at radius 1 is 1.28 bits per heavy atom. The molecule has 0 aliphatic carbocycles. The van der Waals surface area contributed by atoms with Crippen molar-refractivity contribution >= 4 is 11.6 Å². The standard InChI is InChI=1S/C14H18ClFN2/c15-14-5-10(16)2-1-9(14)8-18-12-3-4-13(18)7-11(17)6-12/h1-2,5,11-13H,3-4,6-8,17H2. The molecule has 0 aromatic heterocycles. The lowest BCUT2D eigenvalue weighted by molar-refractivity contribution is 0.120. The van der Waals surface area contributed by atoms with E-state index in [1.807, 2.05) is 0 Å². The Morgan fingerprint density at radius 3 is 2.56 bits per heavy atom. The summed E-state index contributed by atoms with van der Waals surface area (Å²) >= 11 is 6.10. The molecule has 4 heteroatoms. The lowest BCUT2D eigenvalue weighted by atomic mass is 9.97. The topological polar surface area (TPSA) is 29.3 Å². The zero-order valence-corrected chi connectivity index (χ0v) is 11.0. The molecule has 2 fully saturated rings. The number of nitrogens with two attached hydrogens (primary N) is 1. The third kappa shape index (κ3) is 2.27.